The Morgan fingerprint density at radius 3 is 2.84 bits per heavy atom. The van der Waals surface area contributed by atoms with E-state index < -0.39 is 0 Å². The first kappa shape index (κ1) is 14.8. The molecule has 2 aromatic heterocycles. The Morgan fingerprint density at radius 2 is 2.04 bits per heavy atom. The number of rotatable bonds is 1. The second-order valence-electron chi connectivity index (χ2n) is 6.70. The number of para-hydroxylation sites is 1. The number of carbonyl (C=O) groups excluding carboxylic acids is 1. The van der Waals surface area contributed by atoms with E-state index >= 15 is 0 Å². The molecule has 1 unspecified atom stereocenters. The first-order valence-electron chi connectivity index (χ1n) is 8.51. The van der Waals surface area contributed by atoms with Crippen LogP contribution in [0, 0.1) is 6.92 Å². The molecular formula is C20H17N3OS. The number of benzene rings is 1. The molecule has 5 rings (SSSR count). The molecule has 0 fully saturated rings. The molecule has 2 aliphatic rings. The Hall–Kier alpha value is -2.53. The van der Waals surface area contributed by atoms with Crippen molar-refractivity contribution in [3.63, 3.8) is 0 Å². The average molecular weight is 347 g/mol. The van der Waals surface area contributed by atoms with Crippen LogP contribution in [0.3, 0.4) is 0 Å². The first-order chi connectivity index (χ1) is 12.2. The summed E-state index contributed by atoms with van der Waals surface area (Å²) in [6.07, 6.45) is 2.19. The largest absolute Gasteiger partial charge is 0.294 e. The molecule has 0 radical (unpaired) electrons. The molecule has 5 heteroatoms. The van der Waals surface area contributed by atoms with Crippen LogP contribution in [-0.4, -0.2) is 21.4 Å². The minimum atomic E-state index is 0.208. The molecule has 0 bridgehead atoms. The van der Waals surface area contributed by atoms with Crippen LogP contribution in [0.1, 0.15) is 44.5 Å². The lowest BCUT2D eigenvalue weighted by Crippen LogP contribution is -2.23. The van der Waals surface area contributed by atoms with E-state index in [1.54, 1.807) is 11.3 Å². The zero-order valence-corrected chi connectivity index (χ0v) is 14.7. The summed E-state index contributed by atoms with van der Waals surface area (Å²) in [5, 5.41) is 6.77. The van der Waals surface area contributed by atoms with E-state index in [-0.39, 0.29) is 11.7 Å². The number of thiophene rings is 1. The van der Waals surface area contributed by atoms with Gasteiger partial charge in [-0.15, -0.1) is 11.3 Å². The molecule has 1 aliphatic carbocycles. The van der Waals surface area contributed by atoms with Gasteiger partial charge in [0.1, 0.15) is 5.84 Å². The SMILES string of the molecule is Cc1nn(C2=Nc3ccccc3C2)c2c1C(=O)CC(c1cccs1)C2. The third kappa shape index (κ3) is 2.30. The Bertz CT molecular complexity index is 1010. The highest BCUT2D eigenvalue weighted by atomic mass is 32.1. The van der Waals surface area contributed by atoms with Gasteiger partial charge in [0.05, 0.1) is 22.6 Å². The molecule has 3 heterocycles. The maximum absolute atomic E-state index is 12.8. The smallest absolute Gasteiger partial charge is 0.167 e. The fourth-order valence-electron chi connectivity index (χ4n) is 3.94. The monoisotopic (exact) mass is 347 g/mol. The van der Waals surface area contributed by atoms with Crippen molar-refractivity contribution in [2.24, 2.45) is 4.99 Å². The van der Waals surface area contributed by atoms with Crippen molar-refractivity contribution in [1.29, 1.82) is 0 Å². The fourth-order valence-corrected chi connectivity index (χ4v) is 4.77. The van der Waals surface area contributed by atoms with Crippen molar-refractivity contribution in [1.82, 2.24) is 9.78 Å². The van der Waals surface area contributed by atoms with Crippen molar-refractivity contribution in [3.05, 3.63) is 69.2 Å². The number of hydrogen-bond donors (Lipinski definition) is 0. The van der Waals surface area contributed by atoms with Crippen molar-refractivity contribution in [2.75, 3.05) is 0 Å². The fraction of sp³-hybridized carbons (Fsp3) is 0.250. The molecule has 3 aromatic rings. The summed E-state index contributed by atoms with van der Waals surface area (Å²) < 4.78 is 1.93. The van der Waals surface area contributed by atoms with Crippen LogP contribution in [0.15, 0.2) is 46.8 Å². The predicted octanol–water partition coefficient (Wildman–Crippen LogP) is 4.30. The van der Waals surface area contributed by atoms with Crippen LogP contribution in [-0.2, 0) is 12.8 Å². The lowest BCUT2D eigenvalue weighted by molar-refractivity contribution is 0.0964. The number of aliphatic imine (C=N–C) groups is 1. The van der Waals surface area contributed by atoms with Gasteiger partial charge in [-0.25, -0.2) is 9.67 Å². The molecule has 1 aliphatic heterocycles. The maximum Gasteiger partial charge on any atom is 0.167 e. The van der Waals surface area contributed by atoms with Gasteiger partial charge in [-0.1, -0.05) is 24.3 Å². The van der Waals surface area contributed by atoms with Gasteiger partial charge in [-0.2, -0.15) is 5.10 Å². The molecule has 0 saturated heterocycles. The number of hydrogen-bond acceptors (Lipinski definition) is 4. The minimum Gasteiger partial charge on any atom is -0.294 e. The molecular weight excluding hydrogens is 330 g/mol. The third-order valence-corrected chi connectivity index (χ3v) is 6.12. The van der Waals surface area contributed by atoms with Gasteiger partial charge >= 0.3 is 0 Å². The number of aromatic nitrogens is 2. The number of carbonyl (C=O) groups is 1. The molecule has 0 saturated carbocycles. The van der Waals surface area contributed by atoms with E-state index in [4.69, 9.17) is 10.1 Å². The number of Topliss-reactive ketones (excluding diaryl/α,β-unsaturated/α-hetero) is 1. The van der Waals surface area contributed by atoms with E-state index in [0.717, 1.165) is 41.3 Å². The number of fused-ring (bicyclic) bond motifs is 2. The summed E-state index contributed by atoms with van der Waals surface area (Å²) in [6, 6.07) is 12.4. The van der Waals surface area contributed by atoms with Crippen LogP contribution in [0.25, 0.3) is 0 Å². The summed E-state index contributed by atoms with van der Waals surface area (Å²) in [5.41, 5.74) is 4.89. The van der Waals surface area contributed by atoms with E-state index in [0.29, 0.717) is 6.42 Å². The first-order valence-corrected chi connectivity index (χ1v) is 9.39. The van der Waals surface area contributed by atoms with E-state index in [9.17, 15) is 4.79 Å². The second-order valence-corrected chi connectivity index (χ2v) is 7.68. The zero-order chi connectivity index (χ0) is 17.0. The second kappa shape index (κ2) is 5.49. The number of ketones is 1. The summed E-state index contributed by atoms with van der Waals surface area (Å²) >= 11 is 1.73. The van der Waals surface area contributed by atoms with E-state index in [2.05, 4.69) is 23.6 Å². The standard InChI is InChI=1S/C20H17N3OS/c1-12-20-16(9-14(10-17(20)24)18-7-4-8-25-18)23(22-12)19-11-13-5-2-3-6-15(13)21-19/h2-8,14H,9-11H2,1H3. The molecule has 25 heavy (non-hydrogen) atoms. The van der Waals surface area contributed by atoms with Crippen LogP contribution < -0.4 is 0 Å². The lowest BCUT2D eigenvalue weighted by Gasteiger charge is -2.21. The van der Waals surface area contributed by atoms with Crippen molar-refractivity contribution >= 4 is 28.6 Å². The number of aryl methyl sites for hydroxylation is 1. The van der Waals surface area contributed by atoms with Gasteiger partial charge in [0.15, 0.2) is 5.78 Å². The van der Waals surface area contributed by atoms with Crippen LogP contribution >= 0.6 is 11.3 Å². The van der Waals surface area contributed by atoms with Gasteiger partial charge in [0.2, 0.25) is 0 Å². The van der Waals surface area contributed by atoms with Gasteiger partial charge in [0, 0.05) is 23.6 Å². The normalized spacial score (nSPS) is 18.8. The summed E-state index contributed by atoms with van der Waals surface area (Å²) in [5.74, 6) is 1.38. The van der Waals surface area contributed by atoms with Crippen LogP contribution in [0.2, 0.25) is 0 Å². The Morgan fingerprint density at radius 1 is 1.16 bits per heavy atom. The molecule has 124 valence electrons. The summed E-state index contributed by atoms with van der Waals surface area (Å²) in [7, 11) is 0. The molecule has 0 spiro atoms. The maximum atomic E-state index is 12.8. The van der Waals surface area contributed by atoms with Crippen molar-refractivity contribution < 1.29 is 4.79 Å². The highest BCUT2D eigenvalue weighted by molar-refractivity contribution is 7.10. The van der Waals surface area contributed by atoms with E-state index in [1.165, 1.54) is 10.4 Å². The van der Waals surface area contributed by atoms with Gasteiger partial charge in [-0.3, -0.25) is 4.79 Å². The van der Waals surface area contributed by atoms with E-state index in [1.807, 2.05) is 29.8 Å². The quantitative estimate of drug-likeness (QED) is 0.659. The summed E-state index contributed by atoms with van der Waals surface area (Å²) in [4.78, 5) is 18.8. The predicted molar refractivity (Wildman–Crippen MR) is 99.3 cm³/mol. The highest BCUT2D eigenvalue weighted by Gasteiger charge is 2.33. The Balaban J connectivity index is 1.58. The lowest BCUT2D eigenvalue weighted by atomic mass is 9.85. The van der Waals surface area contributed by atoms with Crippen LogP contribution in [0.5, 0.6) is 0 Å². The Labute approximate surface area is 149 Å². The zero-order valence-electron chi connectivity index (χ0n) is 13.9. The van der Waals surface area contributed by atoms with Gasteiger partial charge in [0.25, 0.3) is 0 Å². The van der Waals surface area contributed by atoms with Gasteiger partial charge < -0.3 is 0 Å². The molecule has 1 aromatic carbocycles. The number of nitrogens with zero attached hydrogens (tertiary/aromatic N) is 3. The molecule has 0 N–H and O–H groups in total. The van der Waals surface area contributed by atoms with Crippen molar-refractivity contribution in [3.8, 4) is 0 Å². The highest BCUT2D eigenvalue weighted by Crippen LogP contribution is 2.37. The van der Waals surface area contributed by atoms with Crippen LogP contribution in [0.4, 0.5) is 5.69 Å². The third-order valence-electron chi connectivity index (χ3n) is 5.09. The average Bonchev–Trinajstić information content (AvgIpc) is 3.32. The van der Waals surface area contributed by atoms with Crippen molar-refractivity contribution in [2.45, 2.75) is 32.1 Å². The minimum absolute atomic E-state index is 0.208. The summed E-state index contributed by atoms with van der Waals surface area (Å²) in [6.45, 7) is 1.93. The molecule has 1 atom stereocenters. The van der Waals surface area contributed by atoms with Gasteiger partial charge in [-0.05, 0) is 36.4 Å². The molecule has 0 amide bonds. The topological polar surface area (TPSA) is 47.2 Å². The molecule has 4 nitrogen and oxygen atoms in total. The Kier molecular flexibility index (Phi) is 3.25.